The summed E-state index contributed by atoms with van der Waals surface area (Å²) in [5.74, 6) is -0.628. The molecule has 0 saturated carbocycles. The number of imide groups is 1. The molecule has 0 saturated heterocycles. The van der Waals surface area contributed by atoms with Gasteiger partial charge >= 0.3 is 6.03 Å². The smallest absolute Gasteiger partial charge is 0.318 e. The Bertz CT molecular complexity index is 254. The van der Waals surface area contributed by atoms with Crippen LogP contribution in [0.15, 0.2) is 0 Å². The largest absolute Gasteiger partial charge is 0.355 e. The van der Waals surface area contributed by atoms with Crippen LogP contribution in [-0.4, -0.2) is 37.0 Å². The van der Waals surface area contributed by atoms with Crippen molar-refractivity contribution < 1.29 is 14.4 Å². The highest BCUT2D eigenvalue weighted by Crippen LogP contribution is 1.80. The van der Waals surface area contributed by atoms with Crippen LogP contribution in [0.3, 0.4) is 0 Å². The number of urea groups is 1. The number of hydrogen-bond donors (Lipinski definition) is 4. The van der Waals surface area contributed by atoms with Gasteiger partial charge in [-0.15, -0.1) is 0 Å². The molecule has 0 bridgehead atoms. The van der Waals surface area contributed by atoms with E-state index in [-0.39, 0.29) is 5.91 Å². The first-order valence-electron chi connectivity index (χ1n) is 4.51. The van der Waals surface area contributed by atoms with Gasteiger partial charge in [0.05, 0.1) is 6.04 Å². The summed E-state index contributed by atoms with van der Waals surface area (Å²) < 4.78 is 0. The van der Waals surface area contributed by atoms with Crippen LogP contribution in [-0.2, 0) is 9.59 Å². The molecule has 5 N–H and O–H groups in total. The highest BCUT2D eigenvalue weighted by Gasteiger charge is 2.12. The summed E-state index contributed by atoms with van der Waals surface area (Å²) in [7, 11) is 0. The average molecular weight is 216 g/mol. The SMILES string of the molecule is CC(=O)NCCNC(C)C(=O)NC(N)=O. The van der Waals surface area contributed by atoms with E-state index in [1.54, 1.807) is 6.92 Å². The monoisotopic (exact) mass is 216 g/mol. The summed E-state index contributed by atoms with van der Waals surface area (Å²) in [5, 5.41) is 7.31. The van der Waals surface area contributed by atoms with Crippen molar-refractivity contribution in [1.29, 1.82) is 0 Å². The molecule has 86 valence electrons. The van der Waals surface area contributed by atoms with E-state index in [9.17, 15) is 14.4 Å². The van der Waals surface area contributed by atoms with Crippen molar-refractivity contribution in [2.75, 3.05) is 13.1 Å². The lowest BCUT2D eigenvalue weighted by Crippen LogP contribution is -2.47. The molecule has 15 heavy (non-hydrogen) atoms. The van der Waals surface area contributed by atoms with Gasteiger partial charge in [-0.3, -0.25) is 14.9 Å². The lowest BCUT2D eigenvalue weighted by Gasteiger charge is -2.12. The number of primary amides is 1. The predicted molar refractivity (Wildman–Crippen MR) is 53.9 cm³/mol. The van der Waals surface area contributed by atoms with Crippen LogP contribution in [0.25, 0.3) is 0 Å². The molecule has 7 heteroatoms. The second-order valence-electron chi connectivity index (χ2n) is 3.01. The number of amides is 4. The fourth-order valence-corrected chi connectivity index (χ4v) is 0.850. The molecule has 0 rings (SSSR count). The minimum absolute atomic E-state index is 0.133. The van der Waals surface area contributed by atoms with Crippen molar-refractivity contribution in [3.63, 3.8) is 0 Å². The van der Waals surface area contributed by atoms with E-state index in [0.29, 0.717) is 13.1 Å². The van der Waals surface area contributed by atoms with Crippen LogP contribution in [0.5, 0.6) is 0 Å². The third-order valence-electron chi connectivity index (χ3n) is 1.59. The second-order valence-corrected chi connectivity index (χ2v) is 3.01. The number of carbonyl (C=O) groups is 3. The number of nitrogens with one attached hydrogen (secondary N) is 3. The summed E-state index contributed by atoms with van der Waals surface area (Å²) in [6, 6.07) is -1.42. The standard InChI is InChI=1S/C8H16N4O3/c1-5(7(14)12-8(9)15)10-3-4-11-6(2)13/h5,10H,3-4H2,1-2H3,(H,11,13)(H3,9,12,14,15). The van der Waals surface area contributed by atoms with Crippen molar-refractivity contribution in [3.05, 3.63) is 0 Å². The molecule has 1 atom stereocenters. The molecule has 0 aromatic carbocycles. The fraction of sp³-hybridized carbons (Fsp3) is 0.625. The van der Waals surface area contributed by atoms with Crippen molar-refractivity contribution in [2.24, 2.45) is 5.73 Å². The van der Waals surface area contributed by atoms with Gasteiger partial charge in [0.1, 0.15) is 0 Å². The number of nitrogens with two attached hydrogens (primary N) is 1. The molecule has 0 aliphatic rings. The average Bonchev–Trinajstić information content (AvgIpc) is 2.10. The Morgan fingerprint density at radius 1 is 1.27 bits per heavy atom. The van der Waals surface area contributed by atoms with Crippen LogP contribution in [0, 0.1) is 0 Å². The summed E-state index contributed by atoms with van der Waals surface area (Å²) in [5.41, 5.74) is 4.77. The Balaban J connectivity index is 3.64. The third-order valence-corrected chi connectivity index (χ3v) is 1.59. The first-order valence-corrected chi connectivity index (χ1v) is 4.51. The quantitative estimate of drug-likeness (QED) is 0.410. The summed E-state index contributed by atoms with van der Waals surface area (Å²) >= 11 is 0. The minimum atomic E-state index is -0.879. The first-order chi connectivity index (χ1) is 6.93. The van der Waals surface area contributed by atoms with Gasteiger partial charge in [0.15, 0.2) is 0 Å². The van der Waals surface area contributed by atoms with Crippen LogP contribution in [0.2, 0.25) is 0 Å². The van der Waals surface area contributed by atoms with Gasteiger partial charge in [0.2, 0.25) is 11.8 Å². The van der Waals surface area contributed by atoms with Crippen LogP contribution < -0.4 is 21.7 Å². The summed E-state index contributed by atoms with van der Waals surface area (Å²) in [6.45, 7) is 3.85. The zero-order chi connectivity index (χ0) is 11.8. The molecule has 0 aliphatic carbocycles. The Kier molecular flexibility index (Phi) is 6.03. The molecule has 0 aliphatic heterocycles. The van der Waals surface area contributed by atoms with Gasteiger partial charge in [-0.25, -0.2) is 4.79 Å². The van der Waals surface area contributed by atoms with Gasteiger partial charge in [-0.2, -0.15) is 0 Å². The maximum absolute atomic E-state index is 11.1. The maximum atomic E-state index is 11.1. The predicted octanol–water partition coefficient (Wildman–Crippen LogP) is -1.70. The van der Waals surface area contributed by atoms with Gasteiger partial charge in [-0.1, -0.05) is 0 Å². The highest BCUT2D eigenvalue weighted by molar-refractivity contribution is 5.96. The van der Waals surface area contributed by atoms with E-state index in [0.717, 1.165) is 0 Å². The molecule has 0 fully saturated rings. The molecule has 1 unspecified atom stereocenters. The Morgan fingerprint density at radius 3 is 2.33 bits per heavy atom. The van der Waals surface area contributed by atoms with Gasteiger partial charge < -0.3 is 16.4 Å². The molecule has 0 spiro atoms. The van der Waals surface area contributed by atoms with E-state index < -0.39 is 18.0 Å². The summed E-state index contributed by atoms with van der Waals surface area (Å²) in [6.07, 6.45) is 0. The fourth-order valence-electron chi connectivity index (χ4n) is 0.850. The molecule has 0 aromatic heterocycles. The van der Waals surface area contributed by atoms with Gasteiger partial charge in [0, 0.05) is 20.0 Å². The normalized spacial score (nSPS) is 11.6. The number of hydrogen-bond acceptors (Lipinski definition) is 4. The zero-order valence-corrected chi connectivity index (χ0v) is 8.79. The number of rotatable bonds is 5. The zero-order valence-electron chi connectivity index (χ0n) is 8.79. The van der Waals surface area contributed by atoms with E-state index in [4.69, 9.17) is 5.73 Å². The topological polar surface area (TPSA) is 113 Å². The lowest BCUT2D eigenvalue weighted by molar-refractivity contribution is -0.121. The van der Waals surface area contributed by atoms with Crippen molar-refractivity contribution in [3.8, 4) is 0 Å². The van der Waals surface area contributed by atoms with E-state index in [1.165, 1.54) is 6.92 Å². The Labute approximate surface area is 87.8 Å². The van der Waals surface area contributed by atoms with E-state index in [1.807, 2.05) is 5.32 Å². The lowest BCUT2D eigenvalue weighted by atomic mass is 10.3. The summed E-state index contributed by atoms with van der Waals surface area (Å²) in [4.78, 5) is 31.9. The van der Waals surface area contributed by atoms with Crippen LogP contribution in [0.4, 0.5) is 4.79 Å². The molecule has 0 aromatic rings. The Hall–Kier alpha value is -1.63. The molecular formula is C8H16N4O3. The molecule has 0 radical (unpaired) electrons. The molecule has 4 amide bonds. The Morgan fingerprint density at radius 2 is 1.87 bits per heavy atom. The van der Waals surface area contributed by atoms with E-state index in [2.05, 4.69) is 10.6 Å². The molecule has 7 nitrogen and oxygen atoms in total. The second kappa shape index (κ2) is 6.77. The third kappa shape index (κ3) is 7.44. The van der Waals surface area contributed by atoms with Crippen molar-refractivity contribution in [1.82, 2.24) is 16.0 Å². The van der Waals surface area contributed by atoms with Crippen LogP contribution in [0.1, 0.15) is 13.8 Å². The first kappa shape index (κ1) is 13.4. The molecule has 0 heterocycles. The van der Waals surface area contributed by atoms with Gasteiger partial charge in [-0.05, 0) is 6.92 Å². The van der Waals surface area contributed by atoms with Gasteiger partial charge in [0.25, 0.3) is 0 Å². The minimum Gasteiger partial charge on any atom is -0.355 e. The van der Waals surface area contributed by atoms with Crippen molar-refractivity contribution >= 4 is 17.8 Å². The highest BCUT2D eigenvalue weighted by atomic mass is 16.2. The van der Waals surface area contributed by atoms with Crippen molar-refractivity contribution in [2.45, 2.75) is 19.9 Å². The van der Waals surface area contributed by atoms with E-state index >= 15 is 0 Å². The maximum Gasteiger partial charge on any atom is 0.318 e. The molecular weight excluding hydrogens is 200 g/mol. The number of carbonyl (C=O) groups excluding carboxylic acids is 3. The van der Waals surface area contributed by atoms with Crippen LogP contribution >= 0.6 is 0 Å².